The molecule has 0 fully saturated rings. The van der Waals surface area contributed by atoms with Crippen LogP contribution in [0.1, 0.15) is 32.9 Å². The minimum absolute atomic E-state index is 0.0938. The highest BCUT2D eigenvalue weighted by molar-refractivity contribution is 7.09. The van der Waals surface area contributed by atoms with Gasteiger partial charge in [0.15, 0.2) is 0 Å². The summed E-state index contributed by atoms with van der Waals surface area (Å²) in [5.74, 6) is -0.256. The second kappa shape index (κ2) is 9.28. The van der Waals surface area contributed by atoms with Gasteiger partial charge in [0, 0.05) is 36.0 Å². The maximum Gasteiger partial charge on any atom is 0.251 e. The van der Waals surface area contributed by atoms with Gasteiger partial charge in [-0.15, -0.1) is 11.3 Å². The predicted octanol–water partition coefficient (Wildman–Crippen LogP) is 3.86. The molecule has 1 aromatic heterocycles. The summed E-state index contributed by atoms with van der Waals surface area (Å²) in [5, 5.41) is 8.74. The first-order valence-corrected chi connectivity index (χ1v) is 10.0. The maximum atomic E-state index is 12.1. The van der Waals surface area contributed by atoms with E-state index in [4.69, 9.17) is 0 Å². The van der Waals surface area contributed by atoms with Crippen molar-refractivity contribution in [2.24, 2.45) is 0 Å². The van der Waals surface area contributed by atoms with E-state index in [1.165, 1.54) is 0 Å². The highest BCUT2D eigenvalue weighted by Gasteiger charge is 2.07. The summed E-state index contributed by atoms with van der Waals surface area (Å²) in [4.78, 5) is 28.5. The Kier molecular flexibility index (Phi) is 6.55. The molecule has 2 amide bonds. The monoisotopic (exact) mass is 393 g/mol. The van der Waals surface area contributed by atoms with Crippen LogP contribution >= 0.6 is 11.3 Å². The molecule has 3 rings (SSSR count). The fraction of sp³-hybridized carbons (Fsp3) is 0.227. The molecule has 3 aromatic rings. The number of rotatable bonds is 7. The van der Waals surface area contributed by atoms with E-state index in [2.05, 4.69) is 15.6 Å². The number of aryl methyl sites for hydroxylation is 2. The minimum Gasteiger partial charge on any atom is -0.352 e. The summed E-state index contributed by atoms with van der Waals surface area (Å²) in [7, 11) is 0. The number of benzene rings is 2. The molecule has 0 saturated heterocycles. The highest BCUT2D eigenvalue weighted by atomic mass is 32.1. The molecular weight excluding hydrogens is 370 g/mol. The minimum atomic E-state index is -0.163. The lowest BCUT2D eigenvalue weighted by Crippen LogP contribution is -2.30. The zero-order chi connectivity index (χ0) is 19.9. The smallest absolute Gasteiger partial charge is 0.251 e. The van der Waals surface area contributed by atoms with E-state index in [-0.39, 0.29) is 18.2 Å². The average molecular weight is 394 g/mol. The Morgan fingerprint density at radius 3 is 2.50 bits per heavy atom. The van der Waals surface area contributed by atoms with Crippen LogP contribution in [0.25, 0.3) is 11.3 Å². The largest absolute Gasteiger partial charge is 0.352 e. The van der Waals surface area contributed by atoms with E-state index >= 15 is 0 Å². The standard InChI is InChI=1S/C22H23N3O2S/c1-15-4-3-5-19(12-15)22(27)23-11-10-21(26)24-13-17-6-8-18(9-7-17)20-14-28-16(2)25-20/h3-9,12,14H,10-11,13H2,1-2H3,(H,23,27)(H,24,26). The molecule has 6 heteroatoms. The number of nitrogens with one attached hydrogen (secondary N) is 2. The van der Waals surface area contributed by atoms with E-state index in [9.17, 15) is 9.59 Å². The first kappa shape index (κ1) is 19.8. The summed E-state index contributed by atoms with van der Waals surface area (Å²) in [6.07, 6.45) is 0.244. The van der Waals surface area contributed by atoms with Gasteiger partial charge in [0.05, 0.1) is 10.7 Å². The van der Waals surface area contributed by atoms with Crippen molar-refractivity contribution in [3.63, 3.8) is 0 Å². The van der Waals surface area contributed by atoms with E-state index in [1.807, 2.05) is 61.7 Å². The molecule has 2 aromatic carbocycles. The van der Waals surface area contributed by atoms with Crippen molar-refractivity contribution in [1.29, 1.82) is 0 Å². The van der Waals surface area contributed by atoms with Crippen LogP contribution in [-0.4, -0.2) is 23.3 Å². The van der Waals surface area contributed by atoms with Crippen LogP contribution < -0.4 is 10.6 Å². The van der Waals surface area contributed by atoms with Gasteiger partial charge in [-0.05, 0) is 31.5 Å². The van der Waals surface area contributed by atoms with Crippen LogP contribution in [0.4, 0.5) is 0 Å². The summed E-state index contributed by atoms with van der Waals surface area (Å²) in [6, 6.07) is 15.4. The Morgan fingerprint density at radius 1 is 1.04 bits per heavy atom. The molecule has 0 radical (unpaired) electrons. The third-order valence-corrected chi connectivity index (χ3v) is 5.05. The SMILES string of the molecule is Cc1cccc(C(=O)NCCC(=O)NCc2ccc(-c3csc(C)n3)cc2)c1. The molecular formula is C22H23N3O2S. The highest BCUT2D eigenvalue weighted by Crippen LogP contribution is 2.21. The third-order valence-electron chi connectivity index (χ3n) is 4.28. The number of aromatic nitrogens is 1. The second-order valence-corrected chi connectivity index (χ2v) is 7.66. The zero-order valence-corrected chi connectivity index (χ0v) is 16.8. The maximum absolute atomic E-state index is 12.1. The molecule has 0 atom stereocenters. The number of hydrogen-bond acceptors (Lipinski definition) is 4. The van der Waals surface area contributed by atoms with Gasteiger partial charge in [-0.3, -0.25) is 9.59 Å². The number of carbonyl (C=O) groups is 2. The van der Waals surface area contributed by atoms with Crippen molar-refractivity contribution in [3.8, 4) is 11.3 Å². The van der Waals surface area contributed by atoms with Gasteiger partial charge in [0.25, 0.3) is 5.91 Å². The Bertz CT molecular complexity index is 964. The molecule has 0 aliphatic heterocycles. The first-order valence-electron chi connectivity index (χ1n) is 9.14. The van der Waals surface area contributed by atoms with Gasteiger partial charge in [-0.25, -0.2) is 4.98 Å². The van der Waals surface area contributed by atoms with Crippen molar-refractivity contribution in [1.82, 2.24) is 15.6 Å². The molecule has 0 bridgehead atoms. The van der Waals surface area contributed by atoms with E-state index < -0.39 is 0 Å². The Labute approximate surface area is 168 Å². The second-order valence-electron chi connectivity index (χ2n) is 6.60. The molecule has 1 heterocycles. The van der Waals surface area contributed by atoms with Crippen LogP contribution in [-0.2, 0) is 11.3 Å². The number of thiazole rings is 1. The summed E-state index contributed by atoms with van der Waals surface area (Å²) in [6.45, 7) is 4.69. The molecule has 2 N–H and O–H groups in total. The lowest BCUT2D eigenvalue weighted by Gasteiger charge is -2.08. The third kappa shape index (κ3) is 5.50. The fourth-order valence-corrected chi connectivity index (χ4v) is 3.38. The molecule has 0 saturated carbocycles. The van der Waals surface area contributed by atoms with E-state index in [0.717, 1.165) is 27.4 Å². The Balaban J connectivity index is 1.41. The normalized spacial score (nSPS) is 10.5. The van der Waals surface area contributed by atoms with Crippen LogP contribution in [0.5, 0.6) is 0 Å². The van der Waals surface area contributed by atoms with Gasteiger partial charge >= 0.3 is 0 Å². The van der Waals surface area contributed by atoms with Crippen molar-refractivity contribution >= 4 is 23.2 Å². The number of carbonyl (C=O) groups excluding carboxylic acids is 2. The Morgan fingerprint density at radius 2 is 1.82 bits per heavy atom. The van der Waals surface area contributed by atoms with Gasteiger partial charge in [0.1, 0.15) is 0 Å². The lowest BCUT2D eigenvalue weighted by atomic mass is 10.1. The molecule has 144 valence electrons. The quantitative estimate of drug-likeness (QED) is 0.640. The predicted molar refractivity (Wildman–Crippen MR) is 112 cm³/mol. The molecule has 5 nitrogen and oxygen atoms in total. The van der Waals surface area contributed by atoms with Crippen LogP contribution in [0.15, 0.2) is 53.9 Å². The molecule has 28 heavy (non-hydrogen) atoms. The zero-order valence-electron chi connectivity index (χ0n) is 16.0. The molecule has 0 aliphatic carbocycles. The van der Waals surface area contributed by atoms with Gasteiger partial charge in [-0.2, -0.15) is 0 Å². The molecule has 0 aliphatic rings. The van der Waals surface area contributed by atoms with Gasteiger partial charge in [-0.1, -0.05) is 42.0 Å². The van der Waals surface area contributed by atoms with Crippen LogP contribution in [0.3, 0.4) is 0 Å². The number of nitrogens with zero attached hydrogens (tertiary/aromatic N) is 1. The van der Waals surface area contributed by atoms with Crippen molar-refractivity contribution in [3.05, 3.63) is 75.6 Å². The van der Waals surface area contributed by atoms with Crippen molar-refractivity contribution in [2.45, 2.75) is 26.8 Å². The van der Waals surface area contributed by atoms with E-state index in [0.29, 0.717) is 18.7 Å². The van der Waals surface area contributed by atoms with Crippen molar-refractivity contribution in [2.75, 3.05) is 6.54 Å². The number of hydrogen-bond donors (Lipinski definition) is 2. The average Bonchev–Trinajstić information content (AvgIpc) is 3.13. The van der Waals surface area contributed by atoms with Crippen LogP contribution in [0.2, 0.25) is 0 Å². The lowest BCUT2D eigenvalue weighted by molar-refractivity contribution is -0.121. The summed E-state index contributed by atoms with van der Waals surface area (Å²) >= 11 is 1.63. The topological polar surface area (TPSA) is 71.1 Å². The molecule has 0 spiro atoms. The molecule has 0 unspecified atom stereocenters. The van der Waals surface area contributed by atoms with Gasteiger partial charge in [0.2, 0.25) is 5.91 Å². The fourth-order valence-electron chi connectivity index (χ4n) is 2.76. The van der Waals surface area contributed by atoms with E-state index in [1.54, 1.807) is 17.4 Å². The summed E-state index contributed by atoms with van der Waals surface area (Å²) < 4.78 is 0. The Hall–Kier alpha value is -2.99. The summed E-state index contributed by atoms with van der Waals surface area (Å²) in [5.41, 5.74) is 4.70. The van der Waals surface area contributed by atoms with Crippen LogP contribution in [0, 0.1) is 13.8 Å². The van der Waals surface area contributed by atoms with Gasteiger partial charge < -0.3 is 10.6 Å². The first-order chi connectivity index (χ1) is 13.5. The number of amides is 2. The van der Waals surface area contributed by atoms with Crippen molar-refractivity contribution < 1.29 is 9.59 Å².